The average Bonchev–Trinajstić information content (AvgIpc) is 3.35. The van der Waals surface area contributed by atoms with E-state index in [0.717, 1.165) is 20.2 Å². The fourth-order valence-electron chi connectivity index (χ4n) is 6.40. The predicted molar refractivity (Wildman–Crippen MR) is 177 cm³/mol. The highest BCUT2D eigenvalue weighted by Crippen LogP contribution is 2.52. The van der Waals surface area contributed by atoms with E-state index in [1.54, 1.807) is 11.3 Å². The number of fused-ring (bicyclic) bond motifs is 3. The second-order valence-electron chi connectivity index (χ2n) is 11.8. The van der Waals surface area contributed by atoms with Crippen LogP contribution in [-0.4, -0.2) is 5.21 Å². The van der Waals surface area contributed by atoms with Crippen LogP contribution < -0.4 is 5.36 Å². The molecule has 1 unspecified atom stereocenters. The van der Waals surface area contributed by atoms with Crippen LogP contribution in [0.15, 0.2) is 114 Å². The first-order valence-corrected chi connectivity index (χ1v) is 15.4. The molecule has 0 spiro atoms. The van der Waals surface area contributed by atoms with Gasteiger partial charge in [-0.2, -0.15) is 0 Å². The Kier molecular flexibility index (Phi) is 6.56. The molecule has 1 heterocycles. The predicted octanol–water partition coefficient (Wildman–Crippen LogP) is 10.2. The number of rotatable bonds is 4. The van der Waals surface area contributed by atoms with Crippen LogP contribution in [0, 0.1) is 13.8 Å². The van der Waals surface area contributed by atoms with Gasteiger partial charge in [-0.25, -0.2) is 0 Å². The third kappa shape index (κ3) is 4.36. The molecule has 0 fully saturated rings. The summed E-state index contributed by atoms with van der Waals surface area (Å²) in [5.41, 5.74) is 12.6. The Balaban J connectivity index is 1.53. The first-order valence-electron chi connectivity index (χ1n) is 14.6. The number of aryl methyl sites for hydroxylation is 2. The van der Waals surface area contributed by atoms with Gasteiger partial charge in [0, 0.05) is 26.1 Å². The molecule has 0 amide bonds. The molecule has 3 heteroatoms. The fraction of sp³-hybridized carbons (Fsp3) is 0.154. The van der Waals surface area contributed by atoms with Crippen molar-refractivity contribution in [2.24, 2.45) is 5.16 Å². The van der Waals surface area contributed by atoms with Gasteiger partial charge in [0.05, 0.1) is 0 Å². The Labute approximate surface area is 250 Å². The Hall–Kier alpha value is -4.47. The first kappa shape index (κ1) is 26.4. The number of benzene rings is 5. The van der Waals surface area contributed by atoms with Gasteiger partial charge in [0.25, 0.3) is 0 Å². The second kappa shape index (κ2) is 10.4. The van der Waals surface area contributed by atoms with Gasteiger partial charge in [0.15, 0.2) is 0 Å². The summed E-state index contributed by atoms with van der Waals surface area (Å²) in [6.45, 7) is 8.67. The highest BCUT2D eigenvalue weighted by atomic mass is 32.1. The van der Waals surface area contributed by atoms with Gasteiger partial charge in [0.1, 0.15) is 5.36 Å². The van der Waals surface area contributed by atoms with Gasteiger partial charge in [-0.15, -0.1) is 11.3 Å². The normalized spacial score (nSPS) is 15.3. The maximum Gasteiger partial charge on any atom is 0.119 e. The Morgan fingerprint density at radius 3 is 1.98 bits per heavy atom. The SMILES string of the molecule is Cc1ccc(C2=C(c3ccc(C)cc3)C(c3ccc4sc5ccc(C(C)C)cc5c(=NO)c4c3)c3ccccc32)cc1. The molecule has 1 atom stereocenters. The van der Waals surface area contributed by atoms with Crippen LogP contribution >= 0.6 is 11.3 Å². The second-order valence-corrected chi connectivity index (χ2v) is 12.8. The van der Waals surface area contributed by atoms with Crippen molar-refractivity contribution in [1.82, 2.24) is 0 Å². The van der Waals surface area contributed by atoms with Gasteiger partial charge in [-0.1, -0.05) is 115 Å². The van der Waals surface area contributed by atoms with Crippen LogP contribution in [0.3, 0.4) is 0 Å². The lowest BCUT2D eigenvalue weighted by atomic mass is 9.84. The maximum absolute atomic E-state index is 10.4. The minimum absolute atomic E-state index is 0.0406. The molecule has 0 radical (unpaired) electrons. The molecule has 42 heavy (non-hydrogen) atoms. The number of hydrogen-bond donors (Lipinski definition) is 1. The molecule has 1 N–H and O–H groups in total. The zero-order valence-electron chi connectivity index (χ0n) is 24.3. The van der Waals surface area contributed by atoms with Crippen molar-refractivity contribution in [3.05, 3.63) is 159 Å². The highest BCUT2D eigenvalue weighted by molar-refractivity contribution is 7.24. The van der Waals surface area contributed by atoms with E-state index in [1.165, 1.54) is 55.7 Å². The molecule has 1 aliphatic carbocycles. The Morgan fingerprint density at radius 2 is 1.31 bits per heavy atom. The zero-order chi connectivity index (χ0) is 29.0. The molecule has 1 aromatic heterocycles. The van der Waals surface area contributed by atoms with Crippen molar-refractivity contribution in [2.45, 2.75) is 39.5 Å². The van der Waals surface area contributed by atoms with Crippen molar-refractivity contribution in [3.8, 4) is 0 Å². The molecular formula is C39H33NOS. The summed E-state index contributed by atoms with van der Waals surface area (Å²) in [6.07, 6.45) is 0. The summed E-state index contributed by atoms with van der Waals surface area (Å²) < 4.78 is 2.24. The summed E-state index contributed by atoms with van der Waals surface area (Å²) in [6, 6.07) is 39.9. The summed E-state index contributed by atoms with van der Waals surface area (Å²) >= 11 is 1.75. The van der Waals surface area contributed by atoms with Crippen molar-refractivity contribution in [1.29, 1.82) is 0 Å². The Bertz CT molecular complexity index is 2080. The van der Waals surface area contributed by atoms with E-state index in [-0.39, 0.29) is 5.92 Å². The monoisotopic (exact) mass is 563 g/mol. The smallest absolute Gasteiger partial charge is 0.119 e. The van der Waals surface area contributed by atoms with Crippen LogP contribution in [0.25, 0.3) is 31.3 Å². The minimum Gasteiger partial charge on any atom is -0.410 e. The largest absolute Gasteiger partial charge is 0.410 e. The fourth-order valence-corrected chi connectivity index (χ4v) is 7.44. The van der Waals surface area contributed by atoms with Crippen molar-refractivity contribution in [3.63, 3.8) is 0 Å². The van der Waals surface area contributed by atoms with Gasteiger partial charge in [-0.05, 0) is 88.6 Å². The third-order valence-electron chi connectivity index (χ3n) is 8.64. The van der Waals surface area contributed by atoms with E-state index >= 15 is 0 Å². The van der Waals surface area contributed by atoms with Gasteiger partial charge in [0.2, 0.25) is 0 Å². The summed E-state index contributed by atoms with van der Waals surface area (Å²) in [4.78, 5) is 0. The molecule has 2 nitrogen and oxygen atoms in total. The molecule has 6 aromatic rings. The van der Waals surface area contributed by atoms with E-state index in [2.05, 4.69) is 142 Å². The summed E-state index contributed by atoms with van der Waals surface area (Å²) in [5.74, 6) is 0.434. The molecule has 7 rings (SSSR count). The van der Waals surface area contributed by atoms with E-state index in [0.29, 0.717) is 11.3 Å². The van der Waals surface area contributed by atoms with Crippen LogP contribution in [0.1, 0.15) is 70.2 Å². The zero-order valence-corrected chi connectivity index (χ0v) is 25.2. The summed E-state index contributed by atoms with van der Waals surface area (Å²) in [7, 11) is 0. The minimum atomic E-state index is 0.0406. The molecule has 0 saturated heterocycles. The van der Waals surface area contributed by atoms with E-state index < -0.39 is 0 Å². The van der Waals surface area contributed by atoms with Crippen LogP contribution in [-0.2, 0) is 0 Å². The lowest BCUT2D eigenvalue weighted by Crippen LogP contribution is -2.07. The van der Waals surface area contributed by atoms with Crippen LogP contribution in [0.5, 0.6) is 0 Å². The standard InChI is InChI=1S/C39H33NOS/c1-23(2)28-17-19-34-32(21-28)39(40-41)33-22-29(18-20-35(33)42-34)37-31-8-6-5-7-30(31)36(26-13-9-24(3)10-14-26)38(37)27-15-11-25(4)12-16-27/h5-23,37,41H,1-4H3. The van der Waals surface area contributed by atoms with Crippen molar-refractivity contribution >= 4 is 42.7 Å². The lowest BCUT2D eigenvalue weighted by Gasteiger charge is -2.20. The quantitative estimate of drug-likeness (QED) is 0.129. The molecule has 0 aliphatic heterocycles. The number of allylic oxidation sites excluding steroid dienone is 1. The molecular weight excluding hydrogens is 531 g/mol. The summed E-state index contributed by atoms with van der Waals surface area (Å²) in [5, 5.41) is 16.9. The van der Waals surface area contributed by atoms with E-state index in [4.69, 9.17) is 0 Å². The third-order valence-corrected chi connectivity index (χ3v) is 9.79. The van der Waals surface area contributed by atoms with E-state index in [9.17, 15) is 5.21 Å². The van der Waals surface area contributed by atoms with Crippen molar-refractivity contribution in [2.75, 3.05) is 0 Å². The molecule has 206 valence electrons. The van der Waals surface area contributed by atoms with Crippen LogP contribution in [0.4, 0.5) is 0 Å². The first-order chi connectivity index (χ1) is 20.4. The highest BCUT2D eigenvalue weighted by Gasteiger charge is 2.34. The van der Waals surface area contributed by atoms with Gasteiger partial charge in [-0.3, -0.25) is 0 Å². The van der Waals surface area contributed by atoms with Gasteiger partial charge >= 0.3 is 0 Å². The lowest BCUT2D eigenvalue weighted by molar-refractivity contribution is 0.304. The molecule has 0 saturated carbocycles. The van der Waals surface area contributed by atoms with Crippen LogP contribution in [0.2, 0.25) is 0 Å². The van der Waals surface area contributed by atoms with Gasteiger partial charge < -0.3 is 5.21 Å². The average molecular weight is 564 g/mol. The van der Waals surface area contributed by atoms with Crippen molar-refractivity contribution < 1.29 is 5.21 Å². The molecule has 5 aromatic carbocycles. The van der Waals surface area contributed by atoms with E-state index in [1.807, 2.05) is 0 Å². The number of hydrogen-bond acceptors (Lipinski definition) is 3. The topological polar surface area (TPSA) is 32.6 Å². The molecule has 1 aliphatic rings. The maximum atomic E-state index is 10.4. The number of nitrogens with zero attached hydrogens (tertiary/aromatic N) is 1. The Morgan fingerprint density at radius 1 is 0.690 bits per heavy atom. The molecule has 0 bridgehead atoms.